The summed E-state index contributed by atoms with van der Waals surface area (Å²) in [6.07, 6.45) is 0. The van der Waals surface area contributed by atoms with E-state index in [4.69, 9.17) is 10.5 Å². The van der Waals surface area contributed by atoms with E-state index >= 15 is 0 Å². The quantitative estimate of drug-likeness (QED) is 0.747. The number of anilines is 1. The number of nitrogens with two attached hydrogens (primary N) is 1. The van der Waals surface area contributed by atoms with Crippen molar-refractivity contribution in [2.75, 3.05) is 31.7 Å². The molecule has 1 amide bonds. The van der Waals surface area contributed by atoms with Crippen LogP contribution < -0.4 is 15.2 Å². The molecule has 1 saturated heterocycles. The number of hydrogen-bond acceptors (Lipinski definition) is 5. The molecule has 2 rings (SSSR count). The minimum absolute atomic E-state index is 0.0316. The fourth-order valence-electron chi connectivity index (χ4n) is 2.10. The zero-order valence-corrected chi connectivity index (χ0v) is 12.8. The summed E-state index contributed by atoms with van der Waals surface area (Å²) in [4.78, 5) is 13.8. The lowest BCUT2D eigenvalue weighted by Crippen LogP contribution is -2.61. The molecule has 1 fully saturated rings. The maximum atomic E-state index is 12.3. The SMILES string of the molecule is CCS(=O)(=O)NC1CN(C(=O)c2cc(N)cc(OC)c2)C1. The Balaban J connectivity index is 1.99. The van der Waals surface area contributed by atoms with E-state index in [-0.39, 0.29) is 17.7 Å². The summed E-state index contributed by atoms with van der Waals surface area (Å²) >= 11 is 0. The molecular formula is C13H19N3O4S. The highest BCUT2D eigenvalue weighted by atomic mass is 32.2. The van der Waals surface area contributed by atoms with E-state index in [0.29, 0.717) is 30.1 Å². The number of nitrogens with zero attached hydrogens (tertiary/aromatic N) is 1. The van der Waals surface area contributed by atoms with Crippen LogP contribution in [0.25, 0.3) is 0 Å². The largest absolute Gasteiger partial charge is 0.497 e. The molecule has 8 heteroatoms. The maximum Gasteiger partial charge on any atom is 0.254 e. The van der Waals surface area contributed by atoms with E-state index in [1.54, 1.807) is 30.0 Å². The number of carbonyl (C=O) groups is 1. The molecule has 0 spiro atoms. The first kappa shape index (κ1) is 15.6. The van der Waals surface area contributed by atoms with Gasteiger partial charge < -0.3 is 15.4 Å². The van der Waals surface area contributed by atoms with Crippen molar-refractivity contribution in [1.82, 2.24) is 9.62 Å². The Morgan fingerprint density at radius 2 is 2.10 bits per heavy atom. The number of likely N-dealkylation sites (tertiary alicyclic amines) is 1. The van der Waals surface area contributed by atoms with Crippen molar-refractivity contribution < 1.29 is 17.9 Å². The zero-order valence-electron chi connectivity index (χ0n) is 12.0. The number of nitrogens with one attached hydrogen (secondary N) is 1. The zero-order chi connectivity index (χ0) is 15.6. The number of benzene rings is 1. The maximum absolute atomic E-state index is 12.3. The van der Waals surface area contributed by atoms with Gasteiger partial charge in [0.15, 0.2) is 0 Å². The summed E-state index contributed by atoms with van der Waals surface area (Å²) in [7, 11) is -1.74. The molecule has 0 aliphatic carbocycles. The predicted molar refractivity (Wildman–Crippen MR) is 79.7 cm³/mol. The van der Waals surface area contributed by atoms with Crippen LogP contribution in [0, 0.1) is 0 Å². The number of ether oxygens (including phenoxy) is 1. The first-order chi connectivity index (χ1) is 9.84. The van der Waals surface area contributed by atoms with Crippen LogP contribution in [0.4, 0.5) is 5.69 Å². The van der Waals surface area contributed by atoms with E-state index in [1.807, 2.05) is 0 Å². The molecule has 21 heavy (non-hydrogen) atoms. The molecule has 0 unspecified atom stereocenters. The van der Waals surface area contributed by atoms with Gasteiger partial charge in [-0.2, -0.15) is 0 Å². The number of carbonyl (C=O) groups excluding carboxylic acids is 1. The number of hydrogen-bond donors (Lipinski definition) is 2. The minimum atomic E-state index is -3.24. The Morgan fingerprint density at radius 3 is 2.67 bits per heavy atom. The molecule has 1 aliphatic rings. The molecule has 116 valence electrons. The second kappa shape index (κ2) is 5.90. The molecular weight excluding hydrogens is 294 g/mol. The highest BCUT2D eigenvalue weighted by Crippen LogP contribution is 2.21. The van der Waals surface area contributed by atoms with E-state index in [9.17, 15) is 13.2 Å². The topological polar surface area (TPSA) is 102 Å². The Labute approximate surface area is 124 Å². The van der Waals surface area contributed by atoms with Crippen LogP contribution in [-0.4, -0.2) is 51.2 Å². The molecule has 0 atom stereocenters. The average Bonchev–Trinajstić information content (AvgIpc) is 2.41. The summed E-state index contributed by atoms with van der Waals surface area (Å²) in [5, 5.41) is 0. The lowest BCUT2D eigenvalue weighted by molar-refractivity contribution is 0.0591. The van der Waals surface area contributed by atoms with E-state index < -0.39 is 10.0 Å². The van der Waals surface area contributed by atoms with E-state index in [0.717, 1.165) is 0 Å². The second-order valence-corrected chi connectivity index (χ2v) is 6.97. The standard InChI is InChI=1S/C13H19N3O4S/c1-3-21(18,19)15-11-7-16(8-11)13(17)9-4-10(14)6-12(5-9)20-2/h4-6,11,15H,3,7-8,14H2,1-2H3. The van der Waals surface area contributed by atoms with Gasteiger partial charge in [-0.05, 0) is 19.1 Å². The Hall–Kier alpha value is -1.80. The average molecular weight is 313 g/mol. The third-order valence-corrected chi connectivity index (χ3v) is 4.76. The summed E-state index contributed by atoms with van der Waals surface area (Å²) in [5.74, 6) is 0.360. The van der Waals surface area contributed by atoms with Crippen LogP contribution >= 0.6 is 0 Å². The van der Waals surface area contributed by atoms with Crippen molar-refractivity contribution in [3.8, 4) is 5.75 Å². The van der Waals surface area contributed by atoms with Gasteiger partial charge in [0.05, 0.1) is 18.9 Å². The molecule has 1 aromatic carbocycles. The molecule has 1 aliphatic heterocycles. The number of rotatable bonds is 5. The van der Waals surface area contributed by atoms with Gasteiger partial charge in [0.2, 0.25) is 10.0 Å². The summed E-state index contributed by atoms with van der Waals surface area (Å²) < 4.78 is 30.5. The monoisotopic (exact) mass is 313 g/mol. The number of nitrogen functional groups attached to an aromatic ring is 1. The minimum Gasteiger partial charge on any atom is -0.497 e. The van der Waals surface area contributed by atoms with Crippen molar-refractivity contribution in [3.63, 3.8) is 0 Å². The highest BCUT2D eigenvalue weighted by Gasteiger charge is 2.33. The van der Waals surface area contributed by atoms with Crippen LogP contribution in [0.15, 0.2) is 18.2 Å². The van der Waals surface area contributed by atoms with Crippen molar-refractivity contribution >= 4 is 21.6 Å². The van der Waals surface area contributed by atoms with Crippen LogP contribution in [0.3, 0.4) is 0 Å². The third-order valence-electron chi connectivity index (χ3n) is 3.31. The normalized spacial score (nSPS) is 15.6. The number of amides is 1. The summed E-state index contributed by atoms with van der Waals surface area (Å²) in [6.45, 7) is 2.29. The molecule has 0 bridgehead atoms. The van der Waals surface area contributed by atoms with Gasteiger partial charge in [0.25, 0.3) is 5.91 Å². The third kappa shape index (κ3) is 3.64. The van der Waals surface area contributed by atoms with Gasteiger partial charge in [-0.1, -0.05) is 0 Å². The van der Waals surface area contributed by atoms with E-state index in [1.165, 1.54) is 7.11 Å². The molecule has 0 aromatic heterocycles. The Kier molecular flexibility index (Phi) is 4.38. The van der Waals surface area contributed by atoms with Gasteiger partial charge >= 0.3 is 0 Å². The smallest absolute Gasteiger partial charge is 0.254 e. The van der Waals surface area contributed by atoms with Crippen molar-refractivity contribution in [3.05, 3.63) is 23.8 Å². The summed E-state index contributed by atoms with van der Waals surface area (Å²) in [6, 6.07) is 4.60. The van der Waals surface area contributed by atoms with Crippen molar-refractivity contribution in [1.29, 1.82) is 0 Å². The van der Waals surface area contributed by atoms with Gasteiger partial charge in [0.1, 0.15) is 5.75 Å². The first-order valence-electron chi connectivity index (χ1n) is 6.58. The van der Waals surface area contributed by atoms with E-state index in [2.05, 4.69) is 4.72 Å². The van der Waals surface area contributed by atoms with Crippen LogP contribution in [-0.2, 0) is 10.0 Å². The van der Waals surface area contributed by atoms with Crippen LogP contribution in [0.5, 0.6) is 5.75 Å². The lowest BCUT2D eigenvalue weighted by Gasteiger charge is -2.39. The molecule has 7 nitrogen and oxygen atoms in total. The number of methoxy groups -OCH3 is 1. The second-order valence-electron chi connectivity index (χ2n) is 4.92. The number of sulfonamides is 1. The Morgan fingerprint density at radius 1 is 1.43 bits per heavy atom. The van der Waals surface area contributed by atoms with Gasteiger partial charge in [-0.15, -0.1) is 0 Å². The first-order valence-corrected chi connectivity index (χ1v) is 8.23. The fraction of sp³-hybridized carbons (Fsp3) is 0.462. The molecule has 3 N–H and O–H groups in total. The molecule has 0 saturated carbocycles. The molecule has 0 radical (unpaired) electrons. The van der Waals surface area contributed by atoms with Crippen molar-refractivity contribution in [2.24, 2.45) is 0 Å². The lowest BCUT2D eigenvalue weighted by atomic mass is 10.1. The van der Waals surface area contributed by atoms with Crippen LogP contribution in [0.1, 0.15) is 17.3 Å². The predicted octanol–water partition coefficient (Wildman–Crippen LogP) is 0.0411. The summed E-state index contributed by atoms with van der Waals surface area (Å²) in [5.41, 5.74) is 6.60. The Bertz CT molecular complexity index is 639. The fourth-order valence-corrected chi connectivity index (χ4v) is 2.93. The van der Waals surface area contributed by atoms with Gasteiger partial charge in [0, 0.05) is 30.4 Å². The van der Waals surface area contributed by atoms with Crippen LogP contribution in [0.2, 0.25) is 0 Å². The van der Waals surface area contributed by atoms with Crippen molar-refractivity contribution in [2.45, 2.75) is 13.0 Å². The van der Waals surface area contributed by atoms with Gasteiger partial charge in [-0.25, -0.2) is 13.1 Å². The van der Waals surface area contributed by atoms with Gasteiger partial charge in [-0.3, -0.25) is 4.79 Å². The molecule has 1 aromatic rings. The highest BCUT2D eigenvalue weighted by molar-refractivity contribution is 7.89. The molecule has 1 heterocycles.